The van der Waals surface area contributed by atoms with E-state index in [4.69, 9.17) is 11.5 Å². The van der Waals surface area contributed by atoms with Crippen molar-refractivity contribution < 1.29 is 0 Å². The molecule has 0 bridgehead atoms. The van der Waals surface area contributed by atoms with Crippen molar-refractivity contribution in [2.75, 3.05) is 6.54 Å². The molecule has 5 heteroatoms. The zero-order valence-corrected chi connectivity index (χ0v) is 7.99. The highest BCUT2D eigenvalue weighted by Crippen LogP contribution is 2.00. The van der Waals surface area contributed by atoms with Gasteiger partial charge in [0.05, 0.1) is 18.8 Å². The van der Waals surface area contributed by atoms with E-state index in [0.29, 0.717) is 6.54 Å². The minimum Gasteiger partial charge on any atom is -0.370 e. The molecule has 0 saturated carbocycles. The first-order valence-electron chi connectivity index (χ1n) is 4.16. The summed E-state index contributed by atoms with van der Waals surface area (Å²) in [5, 5.41) is 4.27. The molecule has 0 aliphatic carbocycles. The van der Waals surface area contributed by atoms with Gasteiger partial charge in [0.1, 0.15) is 0 Å². The van der Waals surface area contributed by atoms with Crippen molar-refractivity contribution in [1.29, 1.82) is 0 Å². The minimum atomic E-state index is 0.126. The topological polar surface area (TPSA) is 82.2 Å². The summed E-state index contributed by atoms with van der Waals surface area (Å²) in [6.45, 7) is 5.27. The number of aryl methyl sites for hydroxylation is 2. The van der Waals surface area contributed by atoms with Crippen LogP contribution < -0.4 is 11.5 Å². The van der Waals surface area contributed by atoms with Crippen molar-refractivity contribution in [3.05, 3.63) is 17.5 Å². The molecular weight excluding hydrogens is 166 g/mol. The van der Waals surface area contributed by atoms with Crippen LogP contribution in [-0.2, 0) is 6.54 Å². The lowest BCUT2D eigenvalue weighted by Gasteiger charge is -2.00. The lowest BCUT2D eigenvalue weighted by Crippen LogP contribution is -2.23. The molecule has 1 rings (SSSR count). The Hall–Kier alpha value is -1.52. The van der Waals surface area contributed by atoms with Gasteiger partial charge in [-0.15, -0.1) is 0 Å². The molecule has 13 heavy (non-hydrogen) atoms. The maximum absolute atomic E-state index is 5.20. The van der Waals surface area contributed by atoms with Crippen LogP contribution in [0.4, 0.5) is 0 Å². The van der Waals surface area contributed by atoms with Crippen molar-refractivity contribution in [1.82, 2.24) is 9.78 Å². The SMILES string of the molecule is Cc1cc(C)n(CCN=C(N)N)n1. The zero-order chi connectivity index (χ0) is 9.84. The number of nitrogens with zero attached hydrogens (tertiary/aromatic N) is 3. The summed E-state index contributed by atoms with van der Waals surface area (Å²) in [5.74, 6) is 0.126. The summed E-state index contributed by atoms with van der Waals surface area (Å²) >= 11 is 0. The van der Waals surface area contributed by atoms with E-state index in [9.17, 15) is 0 Å². The normalized spacial score (nSPS) is 10.0. The van der Waals surface area contributed by atoms with Gasteiger partial charge in [-0.05, 0) is 19.9 Å². The molecule has 72 valence electrons. The minimum absolute atomic E-state index is 0.126. The molecule has 0 saturated heterocycles. The highest BCUT2D eigenvalue weighted by molar-refractivity contribution is 5.75. The second kappa shape index (κ2) is 3.93. The summed E-state index contributed by atoms with van der Waals surface area (Å²) in [6.07, 6.45) is 0. The Labute approximate surface area is 77.4 Å². The first kappa shape index (κ1) is 9.57. The Balaban J connectivity index is 2.54. The van der Waals surface area contributed by atoms with Crippen LogP contribution in [0.5, 0.6) is 0 Å². The van der Waals surface area contributed by atoms with Gasteiger partial charge in [-0.3, -0.25) is 9.67 Å². The van der Waals surface area contributed by atoms with E-state index >= 15 is 0 Å². The van der Waals surface area contributed by atoms with Gasteiger partial charge in [-0.25, -0.2) is 0 Å². The Morgan fingerprint density at radius 1 is 1.54 bits per heavy atom. The van der Waals surface area contributed by atoms with Crippen LogP contribution >= 0.6 is 0 Å². The van der Waals surface area contributed by atoms with E-state index in [1.54, 1.807) is 0 Å². The Morgan fingerprint density at radius 2 is 2.23 bits per heavy atom. The molecule has 0 atom stereocenters. The fourth-order valence-corrected chi connectivity index (χ4v) is 1.18. The molecule has 0 unspecified atom stereocenters. The van der Waals surface area contributed by atoms with Crippen LogP contribution in [0.3, 0.4) is 0 Å². The summed E-state index contributed by atoms with van der Waals surface area (Å²) in [7, 11) is 0. The standard InChI is InChI=1S/C8H15N5/c1-6-5-7(2)13(12-6)4-3-11-8(9)10/h5H,3-4H2,1-2H3,(H4,9,10,11). The van der Waals surface area contributed by atoms with Crippen LogP contribution in [0.1, 0.15) is 11.4 Å². The van der Waals surface area contributed by atoms with E-state index in [-0.39, 0.29) is 5.96 Å². The summed E-state index contributed by atoms with van der Waals surface area (Å²) < 4.78 is 1.89. The van der Waals surface area contributed by atoms with Crippen LogP contribution in [-0.4, -0.2) is 22.3 Å². The number of hydrogen-bond acceptors (Lipinski definition) is 2. The maximum Gasteiger partial charge on any atom is 0.185 e. The van der Waals surface area contributed by atoms with Gasteiger partial charge >= 0.3 is 0 Å². The Kier molecular flexibility index (Phi) is 2.89. The second-order valence-corrected chi connectivity index (χ2v) is 2.96. The predicted molar refractivity (Wildman–Crippen MR) is 52.4 cm³/mol. The molecule has 0 aliphatic rings. The van der Waals surface area contributed by atoms with Crippen LogP contribution in [0.2, 0.25) is 0 Å². The first-order chi connectivity index (χ1) is 6.09. The van der Waals surface area contributed by atoms with E-state index in [1.807, 2.05) is 24.6 Å². The Bertz CT molecular complexity index is 308. The van der Waals surface area contributed by atoms with Crippen molar-refractivity contribution in [3.8, 4) is 0 Å². The fraction of sp³-hybridized carbons (Fsp3) is 0.500. The van der Waals surface area contributed by atoms with Crippen LogP contribution in [0.15, 0.2) is 11.1 Å². The second-order valence-electron chi connectivity index (χ2n) is 2.96. The summed E-state index contributed by atoms with van der Waals surface area (Å²) in [6, 6.07) is 2.02. The molecule has 0 spiro atoms. The number of aliphatic imine (C=N–C) groups is 1. The quantitative estimate of drug-likeness (QED) is 0.499. The number of rotatable bonds is 3. The maximum atomic E-state index is 5.20. The molecule has 4 N–H and O–H groups in total. The largest absolute Gasteiger partial charge is 0.370 e. The first-order valence-corrected chi connectivity index (χ1v) is 4.16. The molecule has 5 nitrogen and oxygen atoms in total. The summed E-state index contributed by atoms with van der Waals surface area (Å²) in [4.78, 5) is 3.88. The lowest BCUT2D eigenvalue weighted by molar-refractivity contribution is 0.604. The number of hydrogen-bond donors (Lipinski definition) is 2. The van der Waals surface area contributed by atoms with Gasteiger partial charge in [0, 0.05) is 5.69 Å². The highest BCUT2D eigenvalue weighted by Gasteiger charge is 1.98. The van der Waals surface area contributed by atoms with E-state index in [0.717, 1.165) is 17.9 Å². The molecule has 0 radical (unpaired) electrons. The number of aromatic nitrogens is 2. The van der Waals surface area contributed by atoms with Crippen LogP contribution in [0, 0.1) is 13.8 Å². The van der Waals surface area contributed by atoms with Crippen molar-refractivity contribution in [2.24, 2.45) is 16.5 Å². The molecule has 0 aliphatic heterocycles. The molecule has 0 aromatic carbocycles. The highest BCUT2D eigenvalue weighted by atomic mass is 15.3. The molecule has 0 amide bonds. The average molecular weight is 181 g/mol. The predicted octanol–water partition coefficient (Wildman–Crippen LogP) is -0.227. The number of nitrogens with two attached hydrogens (primary N) is 2. The van der Waals surface area contributed by atoms with Gasteiger partial charge in [0.25, 0.3) is 0 Å². The van der Waals surface area contributed by atoms with Crippen molar-refractivity contribution in [2.45, 2.75) is 20.4 Å². The molecule has 1 aromatic rings. The van der Waals surface area contributed by atoms with Gasteiger partial charge in [0.15, 0.2) is 5.96 Å². The molecule has 1 heterocycles. The third-order valence-electron chi connectivity index (χ3n) is 1.71. The van der Waals surface area contributed by atoms with E-state index < -0.39 is 0 Å². The smallest absolute Gasteiger partial charge is 0.185 e. The number of guanidine groups is 1. The third kappa shape index (κ3) is 2.77. The van der Waals surface area contributed by atoms with E-state index in [2.05, 4.69) is 10.1 Å². The van der Waals surface area contributed by atoms with Crippen LogP contribution in [0.25, 0.3) is 0 Å². The van der Waals surface area contributed by atoms with Gasteiger partial charge in [0.2, 0.25) is 0 Å². The summed E-state index contributed by atoms with van der Waals surface area (Å²) in [5.41, 5.74) is 12.5. The third-order valence-corrected chi connectivity index (χ3v) is 1.71. The monoisotopic (exact) mass is 181 g/mol. The van der Waals surface area contributed by atoms with Gasteiger partial charge in [-0.2, -0.15) is 5.10 Å². The zero-order valence-electron chi connectivity index (χ0n) is 7.99. The Morgan fingerprint density at radius 3 is 2.69 bits per heavy atom. The van der Waals surface area contributed by atoms with Gasteiger partial charge < -0.3 is 11.5 Å². The van der Waals surface area contributed by atoms with Gasteiger partial charge in [-0.1, -0.05) is 0 Å². The fourth-order valence-electron chi connectivity index (χ4n) is 1.18. The molecular formula is C8H15N5. The van der Waals surface area contributed by atoms with Crippen molar-refractivity contribution in [3.63, 3.8) is 0 Å². The van der Waals surface area contributed by atoms with Crippen molar-refractivity contribution >= 4 is 5.96 Å². The molecule has 0 fully saturated rings. The van der Waals surface area contributed by atoms with E-state index in [1.165, 1.54) is 0 Å². The lowest BCUT2D eigenvalue weighted by atomic mass is 10.4. The average Bonchev–Trinajstić information content (AvgIpc) is 2.29. The molecule has 1 aromatic heterocycles.